The molecule has 2 aromatic carbocycles. The van der Waals surface area contributed by atoms with Crippen molar-refractivity contribution in [2.45, 2.75) is 53.1 Å². The van der Waals surface area contributed by atoms with Gasteiger partial charge in [-0.05, 0) is 59.6 Å². The summed E-state index contributed by atoms with van der Waals surface area (Å²) < 4.78 is 0. The lowest BCUT2D eigenvalue weighted by atomic mass is 9.85. The van der Waals surface area contributed by atoms with Crippen molar-refractivity contribution in [2.24, 2.45) is 0 Å². The van der Waals surface area contributed by atoms with E-state index in [9.17, 15) is 5.11 Å². The molecule has 0 aliphatic carbocycles. The number of rotatable bonds is 2. The lowest BCUT2D eigenvalue weighted by Crippen LogP contribution is -2.11. The van der Waals surface area contributed by atoms with Gasteiger partial charge >= 0.3 is 0 Å². The Labute approximate surface area is 128 Å². The highest BCUT2D eigenvalue weighted by Gasteiger charge is 2.17. The largest absolute Gasteiger partial charge is 0.384 e. The monoisotopic (exact) mass is 282 g/mol. The minimum Gasteiger partial charge on any atom is -0.384 e. The van der Waals surface area contributed by atoms with E-state index in [2.05, 4.69) is 65.8 Å². The van der Waals surface area contributed by atoms with E-state index in [1.807, 2.05) is 12.1 Å². The third kappa shape index (κ3) is 3.36. The first-order chi connectivity index (χ1) is 9.70. The summed E-state index contributed by atoms with van der Waals surface area (Å²) in [5.41, 5.74) is 7.02. The molecular weight excluding hydrogens is 256 g/mol. The van der Waals surface area contributed by atoms with Crippen molar-refractivity contribution < 1.29 is 5.11 Å². The first-order valence-corrected chi connectivity index (χ1v) is 7.56. The van der Waals surface area contributed by atoms with Gasteiger partial charge in [0, 0.05) is 0 Å². The SMILES string of the molecule is Cc1cc(C)c(C(O)c2ccc(C(C)(C)C)cc2)cc1C. The van der Waals surface area contributed by atoms with Gasteiger partial charge in [-0.15, -0.1) is 0 Å². The number of hydrogen-bond donors (Lipinski definition) is 1. The zero-order valence-electron chi connectivity index (χ0n) is 14.0. The number of benzene rings is 2. The lowest BCUT2D eigenvalue weighted by molar-refractivity contribution is 0.219. The Hall–Kier alpha value is -1.60. The highest BCUT2D eigenvalue weighted by Crippen LogP contribution is 2.29. The van der Waals surface area contributed by atoms with Crippen molar-refractivity contribution in [3.8, 4) is 0 Å². The fraction of sp³-hybridized carbons (Fsp3) is 0.400. The van der Waals surface area contributed by atoms with Crippen molar-refractivity contribution in [2.75, 3.05) is 0 Å². The smallest absolute Gasteiger partial charge is 0.104 e. The van der Waals surface area contributed by atoms with Crippen LogP contribution in [0, 0.1) is 20.8 Å². The number of aryl methyl sites for hydroxylation is 3. The predicted molar refractivity (Wildman–Crippen MR) is 89.9 cm³/mol. The van der Waals surface area contributed by atoms with E-state index in [0.717, 1.165) is 16.7 Å². The Bertz CT molecular complexity index is 630. The van der Waals surface area contributed by atoms with Crippen molar-refractivity contribution >= 4 is 0 Å². The van der Waals surface area contributed by atoms with Crippen molar-refractivity contribution in [1.82, 2.24) is 0 Å². The Kier molecular flexibility index (Phi) is 4.25. The van der Waals surface area contributed by atoms with Gasteiger partial charge in [0.25, 0.3) is 0 Å². The molecule has 2 rings (SSSR count). The van der Waals surface area contributed by atoms with Crippen LogP contribution in [0.3, 0.4) is 0 Å². The molecule has 112 valence electrons. The fourth-order valence-electron chi connectivity index (χ4n) is 2.62. The van der Waals surface area contributed by atoms with E-state index >= 15 is 0 Å². The second-order valence-electron chi connectivity index (χ2n) is 7.07. The normalized spacial score (nSPS) is 13.3. The third-order valence-electron chi connectivity index (χ3n) is 4.27. The standard InChI is InChI=1S/C20H26O/c1-13-11-15(3)18(12-14(13)2)19(21)16-7-9-17(10-8-16)20(4,5)6/h7-12,19,21H,1-6H3. The van der Waals surface area contributed by atoms with E-state index in [4.69, 9.17) is 0 Å². The highest BCUT2D eigenvalue weighted by atomic mass is 16.3. The molecule has 0 spiro atoms. The summed E-state index contributed by atoms with van der Waals surface area (Å²) in [6.07, 6.45) is -0.557. The molecule has 0 aliphatic rings. The molecule has 1 nitrogen and oxygen atoms in total. The van der Waals surface area contributed by atoms with E-state index in [1.165, 1.54) is 16.7 Å². The summed E-state index contributed by atoms with van der Waals surface area (Å²) in [5.74, 6) is 0. The van der Waals surface area contributed by atoms with Gasteiger partial charge in [0.15, 0.2) is 0 Å². The Morgan fingerprint density at radius 1 is 0.810 bits per heavy atom. The molecule has 1 heteroatoms. The summed E-state index contributed by atoms with van der Waals surface area (Å²) in [4.78, 5) is 0. The Balaban J connectivity index is 2.36. The maximum absolute atomic E-state index is 10.7. The van der Waals surface area contributed by atoms with Crippen LogP contribution in [0.5, 0.6) is 0 Å². The molecule has 21 heavy (non-hydrogen) atoms. The molecule has 0 aromatic heterocycles. The zero-order chi connectivity index (χ0) is 15.8. The minimum absolute atomic E-state index is 0.139. The first kappa shape index (κ1) is 15.8. The molecule has 0 heterocycles. The molecule has 1 unspecified atom stereocenters. The van der Waals surface area contributed by atoms with Gasteiger partial charge in [0.05, 0.1) is 0 Å². The summed E-state index contributed by atoms with van der Waals surface area (Å²) in [6.45, 7) is 12.9. The lowest BCUT2D eigenvalue weighted by Gasteiger charge is -2.21. The molecule has 0 saturated carbocycles. The average molecular weight is 282 g/mol. The number of aliphatic hydroxyl groups is 1. The molecule has 0 fully saturated rings. The van der Waals surface area contributed by atoms with Crippen molar-refractivity contribution in [3.05, 3.63) is 69.8 Å². The van der Waals surface area contributed by atoms with Crippen LogP contribution in [0.25, 0.3) is 0 Å². The van der Waals surface area contributed by atoms with Gasteiger partial charge in [-0.25, -0.2) is 0 Å². The quantitative estimate of drug-likeness (QED) is 0.822. The van der Waals surface area contributed by atoms with Crippen LogP contribution in [0.1, 0.15) is 60.3 Å². The van der Waals surface area contributed by atoms with Gasteiger partial charge in [-0.2, -0.15) is 0 Å². The van der Waals surface area contributed by atoms with E-state index in [1.54, 1.807) is 0 Å². The predicted octanol–water partition coefficient (Wildman–Crippen LogP) is 4.99. The van der Waals surface area contributed by atoms with Crippen LogP contribution >= 0.6 is 0 Å². The van der Waals surface area contributed by atoms with Gasteiger partial charge in [0.1, 0.15) is 6.10 Å². The highest BCUT2D eigenvalue weighted by molar-refractivity contribution is 5.42. The molecule has 0 bridgehead atoms. The zero-order valence-corrected chi connectivity index (χ0v) is 14.0. The topological polar surface area (TPSA) is 20.2 Å². The van der Waals surface area contributed by atoms with E-state index in [-0.39, 0.29) is 5.41 Å². The Morgan fingerprint density at radius 2 is 1.33 bits per heavy atom. The maximum atomic E-state index is 10.7. The summed E-state index contributed by atoms with van der Waals surface area (Å²) >= 11 is 0. The van der Waals surface area contributed by atoms with Crippen LogP contribution < -0.4 is 0 Å². The molecule has 0 amide bonds. The van der Waals surface area contributed by atoms with E-state index in [0.29, 0.717) is 0 Å². The number of hydrogen-bond acceptors (Lipinski definition) is 1. The van der Waals surface area contributed by atoms with Crippen LogP contribution in [0.4, 0.5) is 0 Å². The minimum atomic E-state index is -0.557. The van der Waals surface area contributed by atoms with Gasteiger partial charge in [-0.1, -0.05) is 57.2 Å². The van der Waals surface area contributed by atoms with E-state index < -0.39 is 6.10 Å². The van der Waals surface area contributed by atoms with Gasteiger partial charge in [-0.3, -0.25) is 0 Å². The Morgan fingerprint density at radius 3 is 1.86 bits per heavy atom. The number of aliphatic hydroxyl groups excluding tert-OH is 1. The molecular formula is C20H26O. The molecule has 1 atom stereocenters. The maximum Gasteiger partial charge on any atom is 0.104 e. The second-order valence-corrected chi connectivity index (χ2v) is 7.07. The summed E-state index contributed by atoms with van der Waals surface area (Å²) in [5, 5.41) is 10.7. The van der Waals surface area contributed by atoms with Crippen molar-refractivity contribution in [1.29, 1.82) is 0 Å². The van der Waals surface area contributed by atoms with Crippen LogP contribution in [-0.4, -0.2) is 5.11 Å². The molecule has 1 N–H and O–H groups in total. The van der Waals surface area contributed by atoms with Gasteiger partial charge < -0.3 is 5.11 Å². The molecule has 2 aromatic rings. The average Bonchev–Trinajstić information content (AvgIpc) is 2.41. The van der Waals surface area contributed by atoms with Crippen LogP contribution in [-0.2, 0) is 5.41 Å². The van der Waals surface area contributed by atoms with Gasteiger partial charge in [0.2, 0.25) is 0 Å². The molecule has 0 aliphatic heterocycles. The van der Waals surface area contributed by atoms with Crippen LogP contribution in [0.2, 0.25) is 0 Å². The van der Waals surface area contributed by atoms with Crippen LogP contribution in [0.15, 0.2) is 36.4 Å². The first-order valence-electron chi connectivity index (χ1n) is 7.56. The summed E-state index contributed by atoms with van der Waals surface area (Å²) in [6, 6.07) is 12.6. The molecule has 0 radical (unpaired) electrons. The summed E-state index contributed by atoms with van der Waals surface area (Å²) in [7, 11) is 0. The second kappa shape index (κ2) is 5.65. The van der Waals surface area contributed by atoms with Crippen molar-refractivity contribution in [3.63, 3.8) is 0 Å². The molecule has 0 saturated heterocycles. The fourth-order valence-corrected chi connectivity index (χ4v) is 2.62. The third-order valence-corrected chi connectivity index (χ3v) is 4.27.